The summed E-state index contributed by atoms with van der Waals surface area (Å²) >= 11 is 5.12. The molecule has 0 fully saturated rings. The van der Waals surface area contributed by atoms with Crippen LogP contribution in [0.1, 0.15) is 38.0 Å². The van der Waals surface area contributed by atoms with Crippen LogP contribution in [0.5, 0.6) is 0 Å². The van der Waals surface area contributed by atoms with E-state index in [0.29, 0.717) is 11.6 Å². The van der Waals surface area contributed by atoms with E-state index in [2.05, 4.69) is 50.4 Å². The number of nitrogens with zero attached hydrogens (tertiary/aromatic N) is 2. The summed E-state index contributed by atoms with van der Waals surface area (Å²) in [6.07, 6.45) is 1.09. The zero-order chi connectivity index (χ0) is 14.4. The Bertz CT molecular complexity index is 529. The van der Waals surface area contributed by atoms with Gasteiger partial charge in [0.05, 0.1) is 11.8 Å². The summed E-state index contributed by atoms with van der Waals surface area (Å²) in [6, 6.07) is 8.30. The largest absolute Gasteiger partial charge is 0.338 e. The average Bonchev–Trinajstić information content (AvgIpc) is 2.93. The Morgan fingerprint density at radius 1 is 1.35 bits per heavy atom. The summed E-state index contributed by atoms with van der Waals surface area (Å²) in [4.78, 5) is 5.62. The van der Waals surface area contributed by atoms with Gasteiger partial charge in [0.25, 0.3) is 0 Å². The van der Waals surface area contributed by atoms with Crippen LogP contribution in [-0.4, -0.2) is 16.7 Å². The minimum absolute atomic E-state index is 0.105. The number of halogens is 1. The molecule has 1 N–H and O–H groups in total. The zero-order valence-electron chi connectivity index (χ0n) is 11.6. The molecule has 20 heavy (non-hydrogen) atoms. The first-order chi connectivity index (χ1) is 9.69. The van der Waals surface area contributed by atoms with Gasteiger partial charge in [0.2, 0.25) is 5.89 Å². The molecule has 2 rings (SSSR count). The maximum absolute atomic E-state index is 5.29. The van der Waals surface area contributed by atoms with Gasteiger partial charge in [-0.1, -0.05) is 28.0 Å². The molecule has 1 aromatic heterocycles. The SMILES string of the molecule is CCCNC(C)c1nc(CSc2ccc(Br)cc2)no1. The number of nitrogens with one attached hydrogen (secondary N) is 1. The highest BCUT2D eigenvalue weighted by Crippen LogP contribution is 2.23. The van der Waals surface area contributed by atoms with Crippen molar-refractivity contribution in [1.82, 2.24) is 15.5 Å². The van der Waals surface area contributed by atoms with Crippen LogP contribution in [0.2, 0.25) is 0 Å². The van der Waals surface area contributed by atoms with Gasteiger partial charge in [0, 0.05) is 9.37 Å². The molecule has 0 radical (unpaired) electrons. The standard InChI is InChI=1S/C14H18BrN3OS/c1-3-8-16-10(2)14-17-13(18-19-14)9-20-12-6-4-11(15)5-7-12/h4-7,10,16H,3,8-9H2,1-2H3. The molecule has 0 aliphatic carbocycles. The molecular formula is C14H18BrN3OS. The minimum atomic E-state index is 0.105. The van der Waals surface area contributed by atoms with Gasteiger partial charge >= 0.3 is 0 Å². The van der Waals surface area contributed by atoms with Crippen molar-refractivity contribution in [3.8, 4) is 0 Å². The second kappa shape index (κ2) is 7.81. The van der Waals surface area contributed by atoms with Crippen molar-refractivity contribution in [2.45, 2.75) is 37.0 Å². The van der Waals surface area contributed by atoms with Crippen molar-refractivity contribution < 1.29 is 4.52 Å². The number of aromatic nitrogens is 2. The van der Waals surface area contributed by atoms with Crippen molar-refractivity contribution in [2.24, 2.45) is 0 Å². The van der Waals surface area contributed by atoms with Gasteiger partial charge < -0.3 is 9.84 Å². The van der Waals surface area contributed by atoms with E-state index in [4.69, 9.17) is 4.52 Å². The predicted octanol–water partition coefficient (Wildman–Crippen LogP) is 4.19. The number of rotatable bonds is 7. The topological polar surface area (TPSA) is 51.0 Å². The lowest BCUT2D eigenvalue weighted by atomic mass is 10.3. The Hall–Kier alpha value is -0.850. The summed E-state index contributed by atoms with van der Waals surface area (Å²) in [7, 11) is 0. The summed E-state index contributed by atoms with van der Waals surface area (Å²) < 4.78 is 6.37. The second-order valence-corrected chi connectivity index (χ2v) is 6.43. The fourth-order valence-electron chi connectivity index (χ4n) is 1.63. The van der Waals surface area contributed by atoms with E-state index in [1.807, 2.05) is 19.1 Å². The lowest BCUT2D eigenvalue weighted by molar-refractivity contribution is 0.337. The molecule has 0 saturated heterocycles. The fourth-order valence-corrected chi connectivity index (χ4v) is 2.63. The Labute approximate surface area is 131 Å². The maximum Gasteiger partial charge on any atom is 0.243 e. The molecule has 0 amide bonds. The van der Waals surface area contributed by atoms with Crippen molar-refractivity contribution in [2.75, 3.05) is 6.54 Å². The quantitative estimate of drug-likeness (QED) is 0.754. The van der Waals surface area contributed by atoms with Crippen LogP contribution in [0.3, 0.4) is 0 Å². The first kappa shape index (κ1) is 15.5. The Morgan fingerprint density at radius 2 is 2.10 bits per heavy atom. The van der Waals surface area contributed by atoms with Crippen molar-refractivity contribution >= 4 is 27.7 Å². The molecule has 0 spiro atoms. The van der Waals surface area contributed by atoms with Crippen LogP contribution in [-0.2, 0) is 5.75 Å². The molecule has 0 aliphatic heterocycles. The van der Waals surface area contributed by atoms with Gasteiger partial charge in [0.15, 0.2) is 5.82 Å². The zero-order valence-corrected chi connectivity index (χ0v) is 14.0. The molecule has 0 bridgehead atoms. The van der Waals surface area contributed by atoms with E-state index < -0.39 is 0 Å². The fraction of sp³-hybridized carbons (Fsp3) is 0.429. The summed E-state index contributed by atoms with van der Waals surface area (Å²) in [6.45, 7) is 5.12. The summed E-state index contributed by atoms with van der Waals surface area (Å²) in [5, 5.41) is 7.36. The third kappa shape index (κ3) is 4.61. The van der Waals surface area contributed by atoms with Crippen molar-refractivity contribution in [1.29, 1.82) is 0 Å². The highest BCUT2D eigenvalue weighted by molar-refractivity contribution is 9.10. The average molecular weight is 356 g/mol. The highest BCUT2D eigenvalue weighted by atomic mass is 79.9. The number of thioether (sulfide) groups is 1. The molecule has 1 aromatic carbocycles. The molecule has 4 nitrogen and oxygen atoms in total. The van der Waals surface area contributed by atoms with Crippen LogP contribution in [0.4, 0.5) is 0 Å². The van der Waals surface area contributed by atoms with Gasteiger partial charge in [-0.15, -0.1) is 11.8 Å². The van der Waals surface area contributed by atoms with E-state index in [1.54, 1.807) is 11.8 Å². The molecule has 6 heteroatoms. The molecule has 0 saturated carbocycles. The van der Waals surface area contributed by atoms with Gasteiger partial charge in [-0.2, -0.15) is 4.98 Å². The Kier molecular flexibility index (Phi) is 6.06. The van der Waals surface area contributed by atoms with Crippen LogP contribution >= 0.6 is 27.7 Å². The van der Waals surface area contributed by atoms with E-state index in [0.717, 1.165) is 23.3 Å². The Morgan fingerprint density at radius 3 is 2.80 bits per heavy atom. The first-order valence-electron chi connectivity index (χ1n) is 6.63. The number of hydrogen-bond donors (Lipinski definition) is 1. The maximum atomic E-state index is 5.29. The van der Waals surface area contributed by atoms with Crippen LogP contribution in [0, 0.1) is 0 Å². The number of hydrogen-bond acceptors (Lipinski definition) is 5. The van der Waals surface area contributed by atoms with E-state index in [-0.39, 0.29) is 6.04 Å². The molecule has 0 aliphatic rings. The molecule has 2 aromatic rings. The molecule has 1 unspecified atom stereocenters. The van der Waals surface area contributed by atoms with Crippen LogP contribution < -0.4 is 5.32 Å². The molecule has 1 atom stereocenters. The third-order valence-electron chi connectivity index (χ3n) is 2.74. The monoisotopic (exact) mass is 355 g/mol. The van der Waals surface area contributed by atoms with Crippen molar-refractivity contribution in [3.05, 3.63) is 40.5 Å². The molecule has 1 heterocycles. The van der Waals surface area contributed by atoms with E-state index in [1.165, 1.54) is 4.90 Å². The van der Waals surface area contributed by atoms with Gasteiger partial charge in [-0.3, -0.25) is 0 Å². The third-order valence-corrected chi connectivity index (χ3v) is 4.27. The first-order valence-corrected chi connectivity index (χ1v) is 8.41. The molecule has 108 valence electrons. The highest BCUT2D eigenvalue weighted by Gasteiger charge is 2.13. The summed E-state index contributed by atoms with van der Waals surface area (Å²) in [5.41, 5.74) is 0. The number of benzene rings is 1. The van der Waals surface area contributed by atoms with E-state index in [9.17, 15) is 0 Å². The van der Waals surface area contributed by atoms with Crippen molar-refractivity contribution in [3.63, 3.8) is 0 Å². The second-order valence-electron chi connectivity index (χ2n) is 4.47. The van der Waals surface area contributed by atoms with Gasteiger partial charge in [-0.25, -0.2) is 0 Å². The van der Waals surface area contributed by atoms with Crippen LogP contribution in [0.25, 0.3) is 0 Å². The lowest BCUT2D eigenvalue weighted by Crippen LogP contribution is -2.19. The van der Waals surface area contributed by atoms with Gasteiger partial charge in [0.1, 0.15) is 0 Å². The summed E-state index contributed by atoms with van der Waals surface area (Å²) in [5.74, 6) is 2.11. The minimum Gasteiger partial charge on any atom is -0.338 e. The Balaban J connectivity index is 1.87. The van der Waals surface area contributed by atoms with Gasteiger partial charge in [-0.05, 0) is 44.2 Å². The smallest absolute Gasteiger partial charge is 0.243 e. The van der Waals surface area contributed by atoms with E-state index >= 15 is 0 Å². The predicted molar refractivity (Wildman–Crippen MR) is 84.7 cm³/mol. The molecular weight excluding hydrogens is 338 g/mol. The normalized spacial score (nSPS) is 12.6. The van der Waals surface area contributed by atoms with Crippen LogP contribution in [0.15, 0.2) is 38.2 Å². The lowest BCUT2D eigenvalue weighted by Gasteiger charge is -2.06.